The number of nitrogens with one attached hydrogen (secondary N) is 2. The number of thioether (sulfide) groups is 1. The van der Waals surface area contributed by atoms with E-state index in [9.17, 15) is 9.90 Å². The Labute approximate surface area is 104 Å². The van der Waals surface area contributed by atoms with E-state index in [0.29, 0.717) is 12.8 Å². The van der Waals surface area contributed by atoms with Gasteiger partial charge in [-0.05, 0) is 32.7 Å². The second-order valence-corrected chi connectivity index (χ2v) is 5.55. The first-order valence-corrected chi connectivity index (χ1v) is 6.48. The van der Waals surface area contributed by atoms with Crippen molar-refractivity contribution < 1.29 is 9.90 Å². The van der Waals surface area contributed by atoms with Crippen molar-refractivity contribution in [3.8, 4) is 0 Å². The minimum atomic E-state index is -0.782. The van der Waals surface area contributed by atoms with Crippen molar-refractivity contribution in [2.24, 2.45) is 0 Å². The molecular weight excluding hydrogens is 240 g/mol. The van der Waals surface area contributed by atoms with Gasteiger partial charge in [0.15, 0.2) is 5.16 Å². The lowest BCUT2D eigenvalue weighted by Crippen LogP contribution is -2.53. The number of carboxylic acids is 1. The highest BCUT2D eigenvalue weighted by Gasteiger charge is 2.42. The topological polar surface area (TPSA) is 90.9 Å². The fraction of sp³-hybridized carbons (Fsp3) is 0.700. The molecule has 2 rings (SSSR count). The fourth-order valence-corrected chi connectivity index (χ4v) is 3.44. The quantitative estimate of drug-likeness (QED) is 0.741. The van der Waals surface area contributed by atoms with Crippen LogP contribution in [0.3, 0.4) is 0 Å². The largest absolute Gasteiger partial charge is 0.480 e. The van der Waals surface area contributed by atoms with E-state index in [2.05, 4.69) is 20.5 Å². The van der Waals surface area contributed by atoms with Gasteiger partial charge in [-0.25, -0.2) is 4.98 Å². The van der Waals surface area contributed by atoms with Gasteiger partial charge in [-0.2, -0.15) is 5.10 Å². The van der Waals surface area contributed by atoms with Gasteiger partial charge in [0, 0.05) is 5.25 Å². The summed E-state index contributed by atoms with van der Waals surface area (Å²) in [6.45, 7) is 0. The standard InChI is InChI=1S/C10H16N4O2S/c1-11-10(8(15)16)4-2-3-7(5-10)17-9-12-6-13-14-9/h6-7,11H,2-5H2,1H3,(H,15,16)(H,12,13,14). The van der Waals surface area contributed by atoms with Gasteiger partial charge in [-0.15, -0.1) is 0 Å². The normalized spacial score (nSPS) is 29.1. The zero-order chi connectivity index (χ0) is 12.3. The highest BCUT2D eigenvalue weighted by Crippen LogP contribution is 2.37. The number of rotatable bonds is 4. The van der Waals surface area contributed by atoms with Crippen LogP contribution in [0, 0.1) is 0 Å². The zero-order valence-corrected chi connectivity index (χ0v) is 10.5. The number of aliphatic carboxylic acids is 1. The summed E-state index contributed by atoms with van der Waals surface area (Å²) >= 11 is 1.57. The average molecular weight is 256 g/mol. The van der Waals surface area contributed by atoms with E-state index in [4.69, 9.17) is 0 Å². The minimum absolute atomic E-state index is 0.264. The monoisotopic (exact) mass is 256 g/mol. The van der Waals surface area contributed by atoms with Crippen molar-refractivity contribution in [3.05, 3.63) is 6.33 Å². The molecule has 1 heterocycles. The second kappa shape index (κ2) is 5.05. The molecule has 6 nitrogen and oxygen atoms in total. The summed E-state index contributed by atoms with van der Waals surface area (Å²) < 4.78 is 0. The maximum Gasteiger partial charge on any atom is 0.323 e. The molecule has 1 aromatic heterocycles. The minimum Gasteiger partial charge on any atom is -0.480 e. The van der Waals surface area contributed by atoms with Crippen LogP contribution in [0.1, 0.15) is 25.7 Å². The molecule has 0 spiro atoms. The van der Waals surface area contributed by atoms with Crippen LogP contribution in [0.2, 0.25) is 0 Å². The van der Waals surface area contributed by atoms with Gasteiger partial charge in [0.25, 0.3) is 0 Å². The molecule has 17 heavy (non-hydrogen) atoms. The molecule has 1 saturated carbocycles. The van der Waals surface area contributed by atoms with E-state index < -0.39 is 11.5 Å². The molecule has 94 valence electrons. The van der Waals surface area contributed by atoms with Gasteiger partial charge >= 0.3 is 5.97 Å². The SMILES string of the molecule is CNC1(C(=O)O)CCCC(Sc2ncn[nH]2)C1. The number of aromatic nitrogens is 3. The number of H-pyrrole nitrogens is 1. The van der Waals surface area contributed by atoms with Crippen LogP contribution >= 0.6 is 11.8 Å². The van der Waals surface area contributed by atoms with E-state index in [1.807, 2.05) is 0 Å². The molecule has 0 aromatic carbocycles. The van der Waals surface area contributed by atoms with Crippen molar-refractivity contribution in [2.45, 2.75) is 41.6 Å². The van der Waals surface area contributed by atoms with Crippen molar-refractivity contribution in [1.29, 1.82) is 0 Å². The van der Waals surface area contributed by atoms with Gasteiger partial charge in [0.05, 0.1) is 0 Å². The van der Waals surface area contributed by atoms with E-state index in [-0.39, 0.29) is 5.25 Å². The molecular formula is C10H16N4O2S. The lowest BCUT2D eigenvalue weighted by molar-refractivity contribution is -0.146. The molecule has 0 bridgehead atoms. The predicted molar refractivity (Wildman–Crippen MR) is 63.9 cm³/mol. The van der Waals surface area contributed by atoms with Crippen molar-refractivity contribution in [1.82, 2.24) is 20.5 Å². The number of carboxylic acid groups (broad SMARTS) is 1. The number of nitrogens with zero attached hydrogens (tertiary/aromatic N) is 2. The first-order valence-electron chi connectivity index (χ1n) is 5.60. The lowest BCUT2D eigenvalue weighted by atomic mass is 9.81. The third-order valence-electron chi connectivity index (χ3n) is 3.26. The summed E-state index contributed by atoms with van der Waals surface area (Å²) in [5.74, 6) is -0.761. The zero-order valence-electron chi connectivity index (χ0n) is 9.64. The average Bonchev–Trinajstić information content (AvgIpc) is 2.82. The second-order valence-electron chi connectivity index (χ2n) is 4.26. The van der Waals surface area contributed by atoms with Crippen LogP contribution in [0.25, 0.3) is 0 Å². The van der Waals surface area contributed by atoms with Gasteiger partial charge in [0.1, 0.15) is 11.9 Å². The lowest BCUT2D eigenvalue weighted by Gasteiger charge is -2.36. The molecule has 3 N–H and O–H groups in total. The highest BCUT2D eigenvalue weighted by molar-refractivity contribution is 7.99. The number of likely N-dealkylation sites (N-methyl/N-ethyl adjacent to an activating group) is 1. The summed E-state index contributed by atoms with van der Waals surface area (Å²) in [6, 6.07) is 0. The van der Waals surface area contributed by atoms with Crippen LogP contribution in [-0.4, -0.2) is 44.1 Å². The first-order chi connectivity index (χ1) is 8.16. The van der Waals surface area contributed by atoms with Crippen LogP contribution in [-0.2, 0) is 4.79 Å². The molecule has 1 aliphatic rings. The Morgan fingerprint density at radius 3 is 3.18 bits per heavy atom. The Balaban J connectivity index is 2.03. The van der Waals surface area contributed by atoms with Gasteiger partial charge < -0.3 is 10.4 Å². The molecule has 0 amide bonds. The molecule has 1 fully saturated rings. The Kier molecular flexibility index (Phi) is 3.68. The number of carbonyl (C=O) groups is 1. The summed E-state index contributed by atoms with van der Waals surface area (Å²) in [4.78, 5) is 15.4. The maximum atomic E-state index is 11.3. The third-order valence-corrected chi connectivity index (χ3v) is 4.42. The summed E-state index contributed by atoms with van der Waals surface area (Å²) in [5.41, 5.74) is -0.782. The molecule has 7 heteroatoms. The predicted octanol–water partition coefficient (Wildman–Crippen LogP) is 0.882. The van der Waals surface area contributed by atoms with Crippen LogP contribution in [0.15, 0.2) is 11.5 Å². The van der Waals surface area contributed by atoms with Crippen LogP contribution in [0.4, 0.5) is 0 Å². The number of hydrogen-bond acceptors (Lipinski definition) is 5. The Morgan fingerprint density at radius 1 is 1.76 bits per heavy atom. The number of aromatic amines is 1. The highest BCUT2D eigenvalue weighted by atomic mass is 32.2. The number of hydrogen-bond donors (Lipinski definition) is 3. The Morgan fingerprint density at radius 2 is 2.59 bits per heavy atom. The van der Waals surface area contributed by atoms with Crippen molar-refractivity contribution in [3.63, 3.8) is 0 Å². The van der Waals surface area contributed by atoms with Crippen molar-refractivity contribution >= 4 is 17.7 Å². The van der Waals surface area contributed by atoms with Gasteiger partial charge in [-0.1, -0.05) is 11.8 Å². The first kappa shape index (κ1) is 12.4. The molecule has 0 saturated heterocycles. The summed E-state index contributed by atoms with van der Waals surface area (Å²) in [7, 11) is 1.72. The molecule has 0 radical (unpaired) electrons. The fourth-order valence-electron chi connectivity index (χ4n) is 2.26. The smallest absolute Gasteiger partial charge is 0.323 e. The summed E-state index contributed by atoms with van der Waals surface area (Å²) in [6.07, 6.45) is 4.70. The van der Waals surface area contributed by atoms with Gasteiger partial charge in [-0.3, -0.25) is 9.89 Å². The summed E-state index contributed by atoms with van der Waals surface area (Å²) in [5, 5.41) is 19.9. The van der Waals surface area contributed by atoms with Gasteiger partial charge in [0.2, 0.25) is 0 Å². The van der Waals surface area contributed by atoms with Crippen molar-refractivity contribution in [2.75, 3.05) is 7.05 Å². The van der Waals surface area contributed by atoms with E-state index in [0.717, 1.165) is 18.0 Å². The van der Waals surface area contributed by atoms with Crippen LogP contribution in [0.5, 0.6) is 0 Å². The maximum absolute atomic E-state index is 11.3. The van der Waals surface area contributed by atoms with Crippen LogP contribution < -0.4 is 5.32 Å². The third kappa shape index (κ3) is 2.61. The van der Waals surface area contributed by atoms with E-state index in [1.165, 1.54) is 6.33 Å². The molecule has 1 aromatic rings. The van der Waals surface area contributed by atoms with E-state index >= 15 is 0 Å². The molecule has 0 aliphatic heterocycles. The van der Waals surface area contributed by atoms with E-state index in [1.54, 1.807) is 18.8 Å². The Bertz CT molecular complexity index is 384. The Hall–Kier alpha value is -1.08. The molecule has 2 atom stereocenters. The molecule has 2 unspecified atom stereocenters. The molecule has 1 aliphatic carbocycles.